The van der Waals surface area contributed by atoms with E-state index in [9.17, 15) is 4.79 Å². The summed E-state index contributed by atoms with van der Waals surface area (Å²) in [4.78, 5) is 16.8. The van der Waals surface area contributed by atoms with Crippen LogP contribution in [0.15, 0.2) is 11.6 Å². The van der Waals surface area contributed by atoms with Crippen molar-refractivity contribution >= 4 is 22.4 Å². The Morgan fingerprint density at radius 3 is 2.92 bits per heavy atom. The first-order valence-electron chi connectivity index (χ1n) is 3.55. The molecule has 1 aromatic rings. The van der Waals surface area contributed by atoms with E-state index in [4.69, 9.17) is 5.73 Å². The second-order valence-electron chi connectivity index (χ2n) is 2.50. The summed E-state index contributed by atoms with van der Waals surface area (Å²) in [6.07, 6.45) is 1.66. The molecule has 0 aliphatic carbocycles. The summed E-state index contributed by atoms with van der Waals surface area (Å²) in [5, 5.41) is 2.50. The molecule has 0 saturated heterocycles. The molecule has 0 bridgehead atoms. The van der Waals surface area contributed by atoms with Crippen molar-refractivity contribution in [1.29, 1.82) is 0 Å². The fraction of sp³-hybridized carbons (Fsp3) is 0.429. The standard InChI is InChI=1S/C7H11N3OS/c1-5(8)6(11)10(2)7-9-3-4-12-7/h3-5H,8H2,1-2H3. The zero-order valence-corrected chi connectivity index (χ0v) is 7.84. The molecule has 0 aromatic carbocycles. The number of likely N-dealkylation sites (N-methyl/N-ethyl adjacent to an activating group) is 1. The van der Waals surface area contributed by atoms with E-state index in [0.29, 0.717) is 5.13 Å². The van der Waals surface area contributed by atoms with Crippen LogP contribution < -0.4 is 10.6 Å². The lowest BCUT2D eigenvalue weighted by atomic mass is 10.3. The zero-order chi connectivity index (χ0) is 9.14. The molecule has 0 aliphatic heterocycles. The first-order chi connectivity index (χ1) is 5.63. The lowest BCUT2D eigenvalue weighted by molar-refractivity contribution is -0.119. The molecule has 1 unspecified atom stereocenters. The van der Waals surface area contributed by atoms with Gasteiger partial charge in [0.15, 0.2) is 5.13 Å². The minimum atomic E-state index is -0.473. The Kier molecular flexibility index (Phi) is 2.78. The number of anilines is 1. The number of nitrogens with zero attached hydrogens (tertiary/aromatic N) is 2. The maximum absolute atomic E-state index is 11.3. The van der Waals surface area contributed by atoms with Gasteiger partial charge in [0.25, 0.3) is 0 Å². The maximum atomic E-state index is 11.3. The smallest absolute Gasteiger partial charge is 0.245 e. The zero-order valence-electron chi connectivity index (χ0n) is 7.02. The number of hydrogen-bond donors (Lipinski definition) is 1. The lowest BCUT2D eigenvalue weighted by Gasteiger charge is -2.15. The summed E-state index contributed by atoms with van der Waals surface area (Å²) < 4.78 is 0. The molecule has 0 fully saturated rings. The number of thiazole rings is 1. The maximum Gasteiger partial charge on any atom is 0.245 e. The van der Waals surface area contributed by atoms with Crippen molar-refractivity contribution in [3.8, 4) is 0 Å². The third-order valence-corrected chi connectivity index (χ3v) is 2.27. The molecule has 1 aromatic heterocycles. The first kappa shape index (κ1) is 9.15. The van der Waals surface area contributed by atoms with E-state index < -0.39 is 6.04 Å². The van der Waals surface area contributed by atoms with Gasteiger partial charge in [0.05, 0.1) is 6.04 Å². The number of hydrogen-bond acceptors (Lipinski definition) is 4. The molecule has 1 amide bonds. The molecule has 1 atom stereocenters. The monoisotopic (exact) mass is 185 g/mol. The van der Waals surface area contributed by atoms with Crippen LogP contribution in [0.3, 0.4) is 0 Å². The van der Waals surface area contributed by atoms with Crippen molar-refractivity contribution in [2.45, 2.75) is 13.0 Å². The van der Waals surface area contributed by atoms with E-state index in [1.807, 2.05) is 5.38 Å². The van der Waals surface area contributed by atoms with Gasteiger partial charge in [-0.2, -0.15) is 0 Å². The van der Waals surface area contributed by atoms with Crippen LogP contribution in [0.1, 0.15) is 6.92 Å². The SMILES string of the molecule is CC(N)C(=O)N(C)c1nccs1. The molecule has 4 nitrogen and oxygen atoms in total. The van der Waals surface area contributed by atoms with Crippen LogP contribution in [0.5, 0.6) is 0 Å². The van der Waals surface area contributed by atoms with Crippen molar-refractivity contribution in [1.82, 2.24) is 4.98 Å². The van der Waals surface area contributed by atoms with E-state index in [-0.39, 0.29) is 5.91 Å². The highest BCUT2D eigenvalue weighted by Crippen LogP contribution is 2.15. The highest BCUT2D eigenvalue weighted by Gasteiger charge is 2.16. The topological polar surface area (TPSA) is 59.2 Å². The van der Waals surface area contributed by atoms with Crippen LogP contribution in [0, 0.1) is 0 Å². The number of rotatable bonds is 2. The van der Waals surface area contributed by atoms with Crippen molar-refractivity contribution < 1.29 is 4.79 Å². The van der Waals surface area contributed by atoms with Crippen molar-refractivity contribution in [3.05, 3.63) is 11.6 Å². The number of aromatic nitrogens is 1. The van der Waals surface area contributed by atoms with Gasteiger partial charge in [-0.3, -0.25) is 9.69 Å². The number of carbonyl (C=O) groups excluding carboxylic acids is 1. The Balaban J connectivity index is 2.72. The molecular formula is C7H11N3OS. The van der Waals surface area contributed by atoms with Gasteiger partial charge in [-0.1, -0.05) is 0 Å². The van der Waals surface area contributed by atoms with Gasteiger partial charge in [0.1, 0.15) is 0 Å². The van der Waals surface area contributed by atoms with Gasteiger partial charge in [-0.25, -0.2) is 4.98 Å². The first-order valence-corrected chi connectivity index (χ1v) is 4.43. The highest BCUT2D eigenvalue weighted by molar-refractivity contribution is 7.13. The fourth-order valence-electron chi connectivity index (χ4n) is 0.781. The summed E-state index contributed by atoms with van der Waals surface area (Å²) in [5.74, 6) is -0.120. The molecular weight excluding hydrogens is 174 g/mol. The van der Waals surface area contributed by atoms with Crippen LogP contribution in [0.4, 0.5) is 5.13 Å². The van der Waals surface area contributed by atoms with Crippen LogP contribution in [0.2, 0.25) is 0 Å². The summed E-state index contributed by atoms with van der Waals surface area (Å²) >= 11 is 1.42. The normalized spacial score (nSPS) is 12.6. The third-order valence-electron chi connectivity index (χ3n) is 1.43. The molecule has 2 N–H and O–H groups in total. The molecule has 5 heteroatoms. The van der Waals surface area contributed by atoms with Gasteiger partial charge in [-0.15, -0.1) is 11.3 Å². The van der Waals surface area contributed by atoms with Gasteiger partial charge in [0, 0.05) is 18.6 Å². The fourth-order valence-corrected chi connectivity index (χ4v) is 1.39. The Bertz CT molecular complexity index is 258. The van der Waals surface area contributed by atoms with E-state index in [1.54, 1.807) is 20.2 Å². The predicted octanol–water partition coefficient (Wildman–Crippen LogP) is 0.453. The average molecular weight is 185 g/mol. The van der Waals surface area contributed by atoms with Gasteiger partial charge in [0.2, 0.25) is 5.91 Å². The number of amides is 1. The largest absolute Gasteiger partial charge is 0.320 e. The Morgan fingerprint density at radius 1 is 1.83 bits per heavy atom. The minimum absolute atomic E-state index is 0.120. The summed E-state index contributed by atoms with van der Waals surface area (Å²) in [5.41, 5.74) is 5.43. The predicted molar refractivity (Wildman–Crippen MR) is 49.2 cm³/mol. The molecule has 1 heterocycles. The second kappa shape index (κ2) is 3.64. The number of nitrogens with two attached hydrogens (primary N) is 1. The molecule has 0 spiro atoms. The molecule has 0 aliphatic rings. The van der Waals surface area contributed by atoms with E-state index >= 15 is 0 Å². The van der Waals surface area contributed by atoms with Crippen molar-refractivity contribution in [3.63, 3.8) is 0 Å². The van der Waals surface area contributed by atoms with Crippen molar-refractivity contribution in [2.24, 2.45) is 5.73 Å². The summed E-state index contributed by atoms with van der Waals surface area (Å²) in [7, 11) is 1.67. The van der Waals surface area contributed by atoms with Crippen molar-refractivity contribution in [2.75, 3.05) is 11.9 Å². The lowest BCUT2D eigenvalue weighted by Crippen LogP contribution is -2.39. The average Bonchev–Trinajstić information content (AvgIpc) is 2.53. The number of carbonyl (C=O) groups is 1. The van der Waals surface area contributed by atoms with Gasteiger partial charge in [-0.05, 0) is 6.92 Å². The Hall–Kier alpha value is -0.940. The van der Waals surface area contributed by atoms with Crippen LogP contribution in [0.25, 0.3) is 0 Å². The summed E-state index contributed by atoms with van der Waals surface area (Å²) in [6.45, 7) is 1.66. The van der Waals surface area contributed by atoms with Crippen LogP contribution >= 0.6 is 11.3 Å². The van der Waals surface area contributed by atoms with E-state index in [2.05, 4.69) is 4.98 Å². The Morgan fingerprint density at radius 2 is 2.50 bits per heavy atom. The second-order valence-corrected chi connectivity index (χ2v) is 3.37. The van der Waals surface area contributed by atoms with Crippen LogP contribution in [-0.4, -0.2) is 24.0 Å². The minimum Gasteiger partial charge on any atom is -0.320 e. The molecule has 66 valence electrons. The quantitative estimate of drug-likeness (QED) is 0.728. The third kappa shape index (κ3) is 1.80. The molecule has 0 saturated carbocycles. The molecule has 12 heavy (non-hydrogen) atoms. The highest BCUT2D eigenvalue weighted by atomic mass is 32.1. The van der Waals surface area contributed by atoms with Gasteiger partial charge < -0.3 is 5.73 Å². The van der Waals surface area contributed by atoms with Crippen LogP contribution in [-0.2, 0) is 4.79 Å². The molecule has 1 rings (SSSR count). The van der Waals surface area contributed by atoms with Gasteiger partial charge >= 0.3 is 0 Å². The molecule has 0 radical (unpaired) electrons. The summed E-state index contributed by atoms with van der Waals surface area (Å²) in [6, 6.07) is -0.473. The van der Waals surface area contributed by atoms with E-state index in [1.165, 1.54) is 16.2 Å². The Labute approximate surface area is 75.0 Å². The van der Waals surface area contributed by atoms with E-state index in [0.717, 1.165) is 0 Å².